The summed E-state index contributed by atoms with van der Waals surface area (Å²) in [6.07, 6.45) is 0.958. The van der Waals surface area contributed by atoms with Gasteiger partial charge in [0.15, 0.2) is 0 Å². The Labute approximate surface area is 113 Å². The molecular weight excluding hydrogens is 246 g/mol. The molecule has 6 nitrogen and oxygen atoms in total. The van der Waals surface area contributed by atoms with Crippen LogP contribution in [0.25, 0.3) is 0 Å². The Morgan fingerprint density at radius 2 is 2.21 bits per heavy atom. The van der Waals surface area contributed by atoms with E-state index in [0.29, 0.717) is 24.9 Å². The monoisotopic (exact) mass is 267 g/mol. The average molecular weight is 267 g/mol. The SMILES string of the molecule is CCC(C)N(CCOC)c1ccc([N+](=O)[O-])cc1N. The zero-order valence-electron chi connectivity index (χ0n) is 11.6. The van der Waals surface area contributed by atoms with Crippen LogP contribution in [0.2, 0.25) is 0 Å². The molecule has 0 aliphatic heterocycles. The molecule has 0 aliphatic rings. The molecule has 0 radical (unpaired) electrons. The summed E-state index contributed by atoms with van der Waals surface area (Å²) < 4.78 is 5.10. The Morgan fingerprint density at radius 3 is 2.68 bits per heavy atom. The van der Waals surface area contributed by atoms with Gasteiger partial charge in [0.2, 0.25) is 0 Å². The summed E-state index contributed by atoms with van der Waals surface area (Å²) in [7, 11) is 1.65. The van der Waals surface area contributed by atoms with E-state index in [1.54, 1.807) is 13.2 Å². The Kier molecular flexibility index (Phi) is 5.57. The van der Waals surface area contributed by atoms with E-state index in [4.69, 9.17) is 10.5 Å². The van der Waals surface area contributed by atoms with Gasteiger partial charge < -0.3 is 15.4 Å². The third-order valence-corrected chi connectivity index (χ3v) is 3.19. The van der Waals surface area contributed by atoms with Gasteiger partial charge in [-0.25, -0.2) is 0 Å². The van der Waals surface area contributed by atoms with Crippen LogP contribution in [0.3, 0.4) is 0 Å². The van der Waals surface area contributed by atoms with Crippen molar-refractivity contribution in [2.45, 2.75) is 26.3 Å². The van der Waals surface area contributed by atoms with Crippen molar-refractivity contribution in [2.75, 3.05) is 30.9 Å². The molecule has 2 N–H and O–H groups in total. The van der Waals surface area contributed by atoms with Gasteiger partial charge >= 0.3 is 0 Å². The third-order valence-electron chi connectivity index (χ3n) is 3.19. The molecule has 0 spiro atoms. The van der Waals surface area contributed by atoms with E-state index in [9.17, 15) is 10.1 Å². The molecule has 0 amide bonds. The van der Waals surface area contributed by atoms with Gasteiger partial charge in [0.1, 0.15) is 0 Å². The highest BCUT2D eigenvalue weighted by atomic mass is 16.6. The van der Waals surface area contributed by atoms with E-state index >= 15 is 0 Å². The number of nitro groups is 1. The number of ether oxygens (including phenoxy) is 1. The molecule has 0 bridgehead atoms. The number of benzene rings is 1. The second kappa shape index (κ2) is 6.94. The first-order valence-electron chi connectivity index (χ1n) is 6.30. The van der Waals surface area contributed by atoms with Crippen molar-refractivity contribution in [1.29, 1.82) is 0 Å². The summed E-state index contributed by atoms with van der Waals surface area (Å²) in [4.78, 5) is 12.4. The lowest BCUT2D eigenvalue weighted by atomic mass is 10.1. The highest BCUT2D eigenvalue weighted by molar-refractivity contribution is 5.71. The second-order valence-corrected chi connectivity index (χ2v) is 4.44. The van der Waals surface area contributed by atoms with E-state index in [2.05, 4.69) is 18.7 Å². The van der Waals surface area contributed by atoms with Crippen LogP contribution in [-0.4, -0.2) is 31.2 Å². The molecule has 0 saturated carbocycles. The van der Waals surface area contributed by atoms with Gasteiger partial charge in [-0.1, -0.05) is 6.92 Å². The molecule has 1 atom stereocenters. The maximum atomic E-state index is 10.7. The molecule has 1 unspecified atom stereocenters. The number of anilines is 2. The topological polar surface area (TPSA) is 81.6 Å². The largest absolute Gasteiger partial charge is 0.397 e. The normalized spacial score (nSPS) is 12.2. The molecule has 0 saturated heterocycles. The molecule has 0 aliphatic carbocycles. The fraction of sp³-hybridized carbons (Fsp3) is 0.538. The van der Waals surface area contributed by atoms with Crippen molar-refractivity contribution >= 4 is 17.1 Å². The predicted octanol–water partition coefficient (Wildman–Crippen LogP) is 2.43. The first kappa shape index (κ1) is 15.2. The Bertz CT molecular complexity index is 437. The number of hydrogen-bond donors (Lipinski definition) is 1. The number of nitrogens with two attached hydrogens (primary N) is 1. The van der Waals surface area contributed by atoms with Gasteiger partial charge in [-0.15, -0.1) is 0 Å². The first-order valence-corrected chi connectivity index (χ1v) is 6.30. The van der Waals surface area contributed by atoms with E-state index in [1.807, 2.05) is 0 Å². The van der Waals surface area contributed by atoms with Crippen LogP contribution in [0.4, 0.5) is 17.1 Å². The van der Waals surface area contributed by atoms with Crippen molar-refractivity contribution < 1.29 is 9.66 Å². The maximum absolute atomic E-state index is 10.7. The van der Waals surface area contributed by atoms with Crippen LogP contribution in [-0.2, 0) is 4.74 Å². The van der Waals surface area contributed by atoms with E-state index in [-0.39, 0.29) is 5.69 Å². The van der Waals surface area contributed by atoms with Gasteiger partial charge in [0.05, 0.1) is 22.9 Å². The lowest BCUT2D eigenvalue weighted by molar-refractivity contribution is -0.384. The second-order valence-electron chi connectivity index (χ2n) is 4.44. The van der Waals surface area contributed by atoms with Crippen LogP contribution in [0.5, 0.6) is 0 Å². The molecule has 0 heterocycles. The van der Waals surface area contributed by atoms with E-state index in [1.165, 1.54) is 12.1 Å². The van der Waals surface area contributed by atoms with Crippen LogP contribution in [0.15, 0.2) is 18.2 Å². The number of nitrogens with zero attached hydrogens (tertiary/aromatic N) is 2. The number of non-ortho nitro benzene ring substituents is 1. The summed E-state index contributed by atoms with van der Waals surface area (Å²) >= 11 is 0. The molecule has 19 heavy (non-hydrogen) atoms. The van der Waals surface area contributed by atoms with Gasteiger partial charge in [-0.05, 0) is 19.4 Å². The van der Waals surface area contributed by atoms with Crippen LogP contribution < -0.4 is 10.6 Å². The predicted molar refractivity (Wildman–Crippen MR) is 76.5 cm³/mol. The molecule has 1 rings (SSSR count). The van der Waals surface area contributed by atoms with Crippen LogP contribution >= 0.6 is 0 Å². The lowest BCUT2D eigenvalue weighted by Gasteiger charge is -2.31. The van der Waals surface area contributed by atoms with Gasteiger partial charge in [-0.2, -0.15) is 0 Å². The van der Waals surface area contributed by atoms with Crippen molar-refractivity contribution in [3.63, 3.8) is 0 Å². The van der Waals surface area contributed by atoms with E-state index < -0.39 is 4.92 Å². The van der Waals surface area contributed by atoms with Crippen molar-refractivity contribution in [2.24, 2.45) is 0 Å². The zero-order valence-corrected chi connectivity index (χ0v) is 11.6. The minimum atomic E-state index is -0.442. The third kappa shape index (κ3) is 3.82. The van der Waals surface area contributed by atoms with Crippen molar-refractivity contribution in [3.05, 3.63) is 28.3 Å². The summed E-state index contributed by atoms with van der Waals surface area (Å²) in [6, 6.07) is 4.87. The lowest BCUT2D eigenvalue weighted by Crippen LogP contribution is -2.35. The van der Waals surface area contributed by atoms with Crippen molar-refractivity contribution in [1.82, 2.24) is 0 Å². The molecule has 1 aromatic rings. The number of rotatable bonds is 7. The number of hydrogen-bond acceptors (Lipinski definition) is 5. The van der Waals surface area contributed by atoms with Crippen molar-refractivity contribution in [3.8, 4) is 0 Å². The molecule has 106 valence electrons. The Balaban J connectivity index is 3.04. The smallest absolute Gasteiger partial charge is 0.271 e. The van der Waals surface area contributed by atoms with E-state index in [0.717, 1.165) is 12.1 Å². The first-order chi connectivity index (χ1) is 9.01. The fourth-order valence-corrected chi connectivity index (χ4v) is 1.91. The molecule has 6 heteroatoms. The van der Waals surface area contributed by atoms with Gasteiger partial charge in [0.25, 0.3) is 5.69 Å². The highest BCUT2D eigenvalue weighted by Crippen LogP contribution is 2.29. The summed E-state index contributed by atoms with van der Waals surface area (Å²) in [5.41, 5.74) is 7.19. The standard InChI is InChI=1S/C13H21N3O3/c1-4-10(2)15(7-8-19-3)13-6-5-11(16(17)18)9-12(13)14/h5-6,9-10H,4,7-8,14H2,1-3H3. The zero-order chi connectivity index (χ0) is 14.4. The Hall–Kier alpha value is -1.82. The van der Waals surface area contributed by atoms with Crippen LogP contribution in [0.1, 0.15) is 20.3 Å². The number of nitro benzene ring substituents is 1. The fourth-order valence-electron chi connectivity index (χ4n) is 1.91. The minimum absolute atomic E-state index is 0.0112. The molecule has 0 fully saturated rings. The highest BCUT2D eigenvalue weighted by Gasteiger charge is 2.17. The summed E-state index contributed by atoms with van der Waals surface area (Å²) in [6.45, 7) is 5.47. The minimum Gasteiger partial charge on any atom is -0.397 e. The summed E-state index contributed by atoms with van der Waals surface area (Å²) in [5, 5.41) is 10.7. The molecular formula is C13H21N3O3. The Morgan fingerprint density at radius 1 is 1.53 bits per heavy atom. The van der Waals surface area contributed by atoms with Gasteiger partial charge in [-0.3, -0.25) is 10.1 Å². The maximum Gasteiger partial charge on any atom is 0.271 e. The molecule has 0 aromatic heterocycles. The quantitative estimate of drug-likeness (QED) is 0.466. The van der Waals surface area contributed by atoms with Crippen LogP contribution in [0, 0.1) is 10.1 Å². The number of nitrogen functional groups attached to an aromatic ring is 1. The molecule has 1 aromatic carbocycles. The summed E-state index contributed by atoms with van der Waals surface area (Å²) in [5.74, 6) is 0. The van der Waals surface area contributed by atoms with Gasteiger partial charge in [0, 0.05) is 31.8 Å². The number of methoxy groups -OCH3 is 1. The average Bonchev–Trinajstić information content (AvgIpc) is 2.39.